The first kappa shape index (κ1) is 10.6. The van der Waals surface area contributed by atoms with Gasteiger partial charge in [0.25, 0.3) is 0 Å². The smallest absolute Gasteiger partial charge is 0.109 e. The second-order valence-corrected chi connectivity index (χ2v) is 4.36. The molecule has 1 N–H and O–H groups in total. The normalized spacial score (nSPS) is 23.2. The van der Waals surface area contributed by atoms with Crippen molar-refractivity contribution >= 4 is 0 Å². The van der Waals surface area contributed by atoms with Gasteiger partial charge in [-0.3, -0.25) is 0 Å². The van der Waals surface area contributed by atoms with Crippen molar-refractivity contribution in [2.24, 2.45) is 7.05 Å². The Balaban J connectivity index is 1.80. The maximum atomic E-state index is 4.34. The van der Waals surface area contributed by atoms with Crippen LogP contribution in [0.15, 0.2) is 12.4 Å². The molecule has 0 bridgehead atoms. The highest BCUT2D eigenvalue weighted by Crippen LogP contribution is 2.02. The molecule has 0 saturated carbocycles. The molecule has 0 amide bonds. The van der Waals surface area contributed by atoms with E-state index in [1.54, 1.807) is 0 Å². The molecule has 2 rings (SSSR count). The van der Waals surface area contributed by atoms with E-state index in [1.807, 2.05) is 12.4 Å². The van der Waals surface area contributed by atoms with Crippen LogP contribution in [0.4, 0.5) is 0 Å². The molecule has 4 heteroatoms. The Morgan fingerprint density at radius 1 is 1.60 bits per heavy atom. The summed E-state index contributed by atoms with van der Waals surface area (Å²) in [7, 11) is 2.06. The number of hydrogen-bond donors (Lipinski definition) is 1. The molecule has 1 fully saturated rings. The lowest BCUT2D eigenvalue weighted by molar-refractivity contribution is 0.208. The zero-order valence-corrected chi connectivity index (χ0v) is 9.61. The highest BCUT2D eigenvalue weighted by atomic mass is 15.2. The quantitative estimate of drug-likeness (QED) is 0.773. The molecule has 84 valence electrons. The second-order valence-electron chi connectivity index (χ2n) is 4.36. The maximum Gasteiger partial charge on any atom is 0.109 e. The second kappa shape index (κ2) is 4.77. The van der Waals surface area contributed by atoms with Gasteiger partial charge < -0.3 is 14.8 Å². The van der Waals surface area contributed by atoms with Crippen LogP contribution in [0.5, 0.6) is 0 Å². The highest BCUT2D eigenvalue weighted by molar-refractivity contribution is 4.92. The Labute approximate surface area is 91.3 Å². The molecule has 1 aromatic heterocycles. The molecule has 0 unspecified atom stereocenters. The third kappa shape index (κ3) is 2.79. The van der Waals surface area contributed by atoms with Gasteiger partial charge in [0.15, 0.2) is 0 Å². The fourth-order valence-electron chi connectivity index (χ4n) is 2.11. The van der Waals surface area contributed by atoms with E-state index in [1.165, 1.54) is 5.82 Å². The largest absolute Gasteiger partial charge is 0.338 e. The standard InChI is InChI=1S/C11H20N4/c1-10-9-15(8-5-12-10)6-3-11-13-4-7-14(11)2/h4,7,10,12H,3,5-6,8-9H2,1-2H3/t10-/m1/s1. The van der Waals surface area contributed by atoms with Crippen LogP contribution in [0, 0.1) is 0 Å². The number of nitrogens with zero attached hydrogens (tertiary/aromatic N) is 3. The number of aryl methyl sites for hydroxylation is 1. The van der Waals surface area contributed by atoms with E-state index >= 15 is 0 Å². The molecule has 0 aromatic carbocycles. The summed E-state index contributed by atoms with van der Waals surface area (Å²) in [5.74, 6) is 1.18. The van der Waals surface area contributed by atoms with Gasteiger partial charge in [-0.1, -0.05) is 0 Å². The summed E-state index contributed by atoms with van der Waals surface area (Å²) in [5, 5.41) is 3.45. The molecule has 2 heterocycles. The van der Waals surface area contributed by atoms with Crippen molar-refractivity contribution in [2.45, 2.75) is 19.4 Å². The molecule has 0 aliphatic carbocycles. The lowest BCUT2D eigenvalue weighted by Crippen LogP contribution is -2.49. The fraction of sp³-hybridized carbons (Fsp3) is 0.727. The number of imidazole rings is 1. The van der Waals surface area contributed by atoms with Crippen molar-refractivity contribution in [1.29, 1.82) is 0 Å². The Hall–Kier alpha value is -0.870. The SMILES string of the molecule is C[C@@H]1CN(CCc2nccn2C)CCN1. The van der Waals surface area contributed by atoms with Gasteiger partial charge in [0.05, 0.1) is 0 Å². The van der Waals surface area contributed by atoms with Crippen LogP contribution in [0.25, 0.3) is 0 Å². The zero-order chi connectivity index (χ0) is 10.7. The number of piperazine rings is 1. The Kier molecular flexibility index (Phi) is 3.38. The van der Waals surface area contributed by atoms with Gasteiger partial charge in [-0.15, -0.1) is 0 Å². The predicted molar refractivity (Wildman–Crippen MR) is 60.8 cm³/mol. The highest BCUT2D eigenvalue weighted by Gasteiger charge is 2.15. The van der Waals surface area contributed by atoms with Gasteiger partial charge in [0.2, 0.25) is 0 Å². The number of rotatable bonds is 3. The van der Waals surface area contributed by atoms with E-state index in [0.717, 1.165) is 32.6 Å². The topological polar surface area (TPSA) is 33.1 Å². The first-order valence-corrected chi connectivity index (χ1v) is 5.67. The average Bonchev–Trinajstić information content (AvgIpc) is 2.61. The van der Waals surface area contributed by atoms with Gasteiger partial charge >= 0.3 is 0 Å². The van der Waals surface area contributed by atoms with Crippen molar-refractivity contribution in [2.75, 3.05) is 26.2 Å². The summed E-state index contributed by atoms with van der Waals surface area (Å²) in [6, 6.07) is 0.625. The predicted octanol–water partition coefficient (Wildman–Crippen LogP) is 0.256. The first-order chi connectivity index (χ1) is 7.25. The molecule has 1 aromatic rings. The van der Waals surface area contributed by atoms with E-state index in [2.05, 4.69) is 33.7 Å². The van der Waals surface area contributed by atoms with Gasteiger partial charge in [0.1, 0.15) is 5.82 Å². The van der Waals surface area contributed by atoms with Crippen LogP contribution in [-0.4, -0.2) is 46.7 Å². The number of hydrogen-bond acceptors (Lipinski definition) is 3. The molecule has 0 spiro atoms. The van der Waals surface area contributed by atoms with E-state index < -0.39 is 0 Å². The van der Waals surface area contributed by atoms with E-state index in [9.17, 15) is 0 Å². The van der Waals surface area contributed by atoms with Crippen molar-refractivity contribution in [3.8, 4) is 0 Å². The Bertz CT molecular complexity index is 307. The van der Waals surface area contributed by atoms with Crippen LogP contribution in [0.2, 0.25) is 0 Å². The van der Waals surface area contributed by atoms with Crippen molar-refractivity contribution in [3.05, 3.63) is 18.2 Å². The minimum Gasteiger partial charge on any atom is -0.338 e. The lowest BCUT2D eigenvalue weighted by Gasteiger charge is -2.31. The van der Waals surface area contributed by atoms with Crippen LogP contribution < -0.4 is 5.32 Å². The molecule has 1 atom stereocenters. The van der Waals surface area contributed by atoms with Gasteiger partial charge in [-0.05, 0) is 6.92 Å². The molecule has 1 aliphatic heterocycles. The third-order valence-corrected chi connectivity index (χ3v) is 3.03. The molecule has 1 saturated heterocycles. The summed E-state index contributed by atoms with van der Waals surface area (Å²) in [6.45, 7) is 6.80. The Morgan fingerprint density at radius 2 is 2.47 bits per heavy atom. The van der Waals surface area contributed by atoms with Crippen molar-refractivity contribution in [1.82, 2.24) is 19.8 Å². The molecular weight excluding hydrogens is 188 g/mol. The summed E-state index contributed by atoms with van der Waals surface area (Å²) in [6.07, 6.45) is 4.93. The molecule has 0 radical (unpaired) electrons. The average molecular weight is 208 g/mol. The molecule has 4 nitrogen and oxygen atoms in total. The van der Waals surface area contributed by atoms with Crippen LogP contribution >= 0.6 is 0 Å². The first-order valence-electron chi connectivity index (χ1n) is 5.67. The van der Waals surface area contributed by atoms with E-state index in [-0.39, 0.29) is 0 Å². The van der Waals surface area contributed by atoms with Crippen molar-refractivity contribution < 1.29 is 0 Å². The third-order valence-electron chi connectivity index (χ3n) is 3.03. The lowest BCUT2D eigenvalue weighted by atomic mass is 10.2. The number of aromatic nitrogens is 2. The molecule has 15 heavy (non-hydrogen) atoms. The summed E-state index contributed by atoms with van der Waals surface area (Å²) in [5.41, 5.74) is 0. The Morgan fingerprint density at radius 3 is 3.13 bits per heavy atom. The minimum atomic E-state index is 0.625. The molecular formula is C11H20N4. The van der Waals surface area contributed by atoms with Gasteiger partial charge in [-0.25, -0.2) is 4.98 Å². The zero-order valence-electron chi connectivity index (χ0n) is 9.61. The summed E-state index contributed by atoms with van der Waals surface area (Å²) in [4.78, 5) is 6.85. The minimum absolute atomic E-state index is 0.625. The molecule has 1 aliphatic rings. The van der Waals surface area contributed by atoms with Crippen LogP contribution in [0.1, 0.15) is 12.7 Å². The monoisotopic (exact) mass is 208 g/mol. The van der Waals surface area contributed by atoms with Crippen molar-refractivity contribution in [3.63, 3.8) is 0 Å². The van der Waals surface area contributed by atoms with E-state index in [4.69, 9.17) is 0 Å². The van der Waals surface area contributed by atoms with Crippen LogP contribution in [-0.2, 0) is 13.5 Å². The fourth-order valence-corrected chi connectivity index (χ4v) is 2.11. The number of nitrogens with one attached hydrogen (secondary N) is 1. The van der Waals surface area contributed by atoms with Gasteiger partial charge in [-0.2, -0.15) is 0 Å². The maximum absolute atomic E-state index is 4.34. The summed E-state index contributed by atoms with van der Waals surface area (Å²) < 4.78 is 2.10. The summed E-state index contributed by atoms with van der Waals surface area (Å²) >= 11 is 0. The van der Waals surface area contributed by atoms with Gasteiger partial charge in [0, 0.05) is 58.1 Å². The van der Waals surface area contributed by atoms with E-state index in [0.29, 0.717) is 6.04 Å². The van der Waals surface area contributed by atoms with Crippen LogP contribution in [0.3, 0.4) is 0 Å².